The third-order valence-corrected chi connectivity index (χ3v) is 7.18. The predicted molar refractivity (Wildman–Crippen MR) is 159 cm³/mol. The highest BCUT2D eigenvalue weighted by molar-refractivity contribution is 6.20. The number of nitrogens with zero attached hydrogens (tertiary/aromatic N) is 4. The van der Waals surface area contributed by atoms with Crippen LogP contribution in [0.2, 0.25) is 1.41 Å². The van der Waals surface area contributed by atoms with Gasteiger partial charge in [0, 0.05) is 48.0 Å². The van der Waals surface area contributed by atoms with Crippen LogP contribution in [0.1, 0.15) is 54.4 Å². The SMILES string of the molecule is [2H]N(C(=O)c1c(-c2ccc(CC(C)(C)O)nc2)nn2c1O[C@H](C)CC2)[C@H]1N=C(c2ccccc2)c2cccc(F)c2NC1=O. The number of rotatable bonds is 6. The number of nitrogens with one attached hydrogen (secondary N) is 2. The van der Waals surface area contributed by atoms with Gasteiger partial charge in [0.25, 0.3) is 11.8 Å². The number of fused-ring (bicyclic) bond motifs is 2. The number of hydrogen-bond donors (Lipinski definition) is 3. The van der Waals surface area contributed by atoms with Gasteiger partial charge in [-0.2, -0.15) is 5.10 Å². The Kier molecular flexibility index (Phi) is 6.94. The minimum Gasteiger partial charge on any atom is -0.474 e. The fourth-order valence-corrected chi connectivity index (χ4v) is 5.15. The normalized spacial score (nSPS) is 18.3. The molecule has 2 aromatic heterocycles. The smallest absolute Gasteiger partial charge is 0.269 e. The van der Waals surface area contributed by atoms with E-state index in [9.17, 15) is 19.1 Å². The van der Waals surface area contributed by atoms with Gasteiger partial charge in [0.1, 0.15) is 17.1 Å². The van der Waals surface area contributed by atoms with Crippen molar-refractivity contribution in [3.05, 3.63) is 95.1 Å². The summed E-state index contributed by atoms with van der Waals surface area (Å²) in [7, 11) is 0. The van der Waals surface area contributed by atoms with Gasteiger partial charge in [-0.25, -0.2) is 14.1 Å². The van der Waals surface area contributed by atoms with Crippen molar-refractivity contribution < 1.29 is 25.2 Å². The maximum Gasteiger partial charge on any atom is 0.269 e. The van der Waals surface area contributed by atoms with E-state index in [0.29, 0.717) is 47.1 Å². The van der Waals surface area contributed by atoms with Crippen LogP contribution in [0.5, 0.6) is 5.88 Å². The van der Waals surface area contributed by atoms with E-state index in [1.54, 1.807) is 67.2 Å². The molecule has 4 heterocycles. The second-order valence-corrected chi connectivity index (χ2v) is 11.3. The summed E-state index contributed by atoms with van der Waals surface area (Å²) < 4.78 is 31.5. The fourth-order valence-electron chi connectivity index (χ4n) is 5.15. The third-order valence-electron chi connectivity index (χ3n) is 7.18. The van der Waals surface area contributed by atoms with E-state index in [-0.39, 0.29) is 34.6 Å². The lowest BCUT2D eigenvalue weighted by Crippen LogP contribution is -2.42. The molecular weight excluding hydrogens is 551 g/mol. The molecule has 6 rings (SSSR count). The Hall–Kier alpha value is -4.90. The molecule has 2 aromatic carbocycles. The van der Waals surface area contributed by atoms with Crippen molar-refractivity contribution in [1.82, 2.24) is 20.1 Å². The Labute approximate surface area is 249 Å². The van der Waals surface area contributed by atoms with Gasteiger partial charge in [0.15, 0.2) is 1.41 Å². The van der Waals surface area contributed by atoms with E-state index < -0.39 is 29.4 Å². The molecule has 0 fully saturated rings. The van der Waals surface area contributed by atoms with E-state index in [1.807, 2.05) is 13.0 Å². The highest BCUT2D eigenvalue weighted by Crippen LogP contribution is 2.34. The van der Waals surface area contributed by atoms with E-state index in [1.165, 1.54) is 12.1 Å². The zero-order valence-corrected chi connectivity index (χ0v) is 23.9. The van der Waals surface area contributed by atoms with Gasteiger partial charge in [-0.05, 0) is 39.0 Å². The second kappa shape index (κ2) is 11.1. The summed E-state index contributed by atoms with van der Waals surface area (Å²) in [6.45, 7) is 5.73. The van der Waals surface area contributed by atoms with Gasteiger partial charge in [0.2, 0.25) is 12.0 Å². The number of carbonyl (C=O) groups excluding carboxylic acids is 2. The van der Waals surface area contributed by atoms with Crippen LogP contribution in [0.15, 0.2) is 71.9 Å². The topological polar surface area (TPSA) is 131 Å². The molecule has 0 saturated carbocycles. The first kappa shape index (κ1) is 27.0. The van der Waals surface area contributed by atoms with Crippen molar-refractivity contribution in [3.8, 4) is 17.1 Å². The molecule has 2 aliphatic heterocycles. The molecule has 2 aliphatic rings. The van der Waals surface area contributed by atoms with Gasteiger partial charge in [-0.15, -0.1) is 0 Å². The predicted octanol–water partition coefficient (Wildman–Crippen LogP) is 4.11. The second-order valence-electron chi connectivity index (χ2n) is 11.3. The van der Waals surface area contributed by atoms with Gasteiger partial charge in [-0.3, -0.25) is 14.6 Å². The number of amides is 2. The van der Waals surface area contributed by atoms with Crippen molar-refractivity contribution in [1.29, 1.82) is 0 Å². The Bertz CT molecular complexity index is 1770. The summed E-state index contributed by atoms with van der Waals surface area (Å²) in [6, 6.07) is 16.7. The lowest BCUT2D eigenvalue weighted by atomic mass is 10.0. The maximum atomic E-state index is 15.0. The van der Waals surface area contributed by atoms with Crippen LogP contribution in [0.3, 0.4) is 0 Å². The minimum absolute atomic E-state index is 0.0132. The highest BCUT2D eigenvalue weighted by atomic mass is 19.1. The Morgan fingerprint density at radius 1 is 1.19 bits per heavy atom. The molecule has 10 nitrogen and oxygen atoms in total. The summed E-state index contributed by atoms with van der Waals surface area (Å²) in [5, 5.41) is 17.8. The number of carbonyl (C=O) groups is 2. The number of halogens is 1. The molecule has 11 heteroatoms. The number of benzodiazepines with no additional fused rings is 1. The largest absolute Gasteiger partial charge is 0.474 e. The number of anilines is 1. The van der Waals surface area contributed by atoms with E-state index in [4.69, 9.17) is 6.15 Å². The first-order valence-electron chi connectivity index (χ1n) is 14.5. The molecule has 0 radical (unpaired) electrons. The number of para-hydroxylation sites is 1. The maximum absolute atomic E-state index is 15.0. The van der Waals surface area contributed by atoms with E-state index in [2.05, 4.69) is 20.4 Å². The number of pyridine rings is 1. The summed E-state index contributed by atoms with van der Waals surface area (Å²) in [5.74, 6) is -2.21. The zero-order chi connectivity index (χ0) is 31.2. The molecular formula is C32H31FN6O4. The first-order valence-corrected chi connectivity index (χ1v) is 14.0. The molecule has 4 aromatic rings. The van der Waals surface area contributed by atoms with E-state index in [0.717, 1.165) is 0 Å². The molecule has 0 bridgehead atoms. The third kappa shape index (κ3) is 5.76. The average Bonchev–Trinajstić information content (AvgIpc) is 3.28. The molecule has 0 saturated heterocycles. The summed E-state index contributed by atoms with van der Waals surface area (Å²) in [5.41, 5.74) is 1.48. The Morgan fingerprint density at radius 3 is 2.70 bits per heavy atom. The molecule has 0 spiro atoms. The van der Waals surface area contributed by atoms with Crippen molar-refractivity contribution in [2.75, 3.05) is 5.32 Å². The number of benzene rings is 2. The number of aryl methyl sites for hydroxylation is 1. The van der Waals surface area contributed by atoms with Crippen LogP contribution in [0, 0.1) is 5.82 Å². The van der Waals surface area contributed by atoms with E-state index >= 15 is 0 Å². The summed E-state index contributed by atoms with van der Waals surface area (Å²) in [6.07, 6.45) is 0.649. The molecule has 220 valence electrons. The zero-order valence-electron chi connectivity index (χ0n) is 24.9. The molecule has 2 amide bonds. The number of aliphatic hydroxyl groups is 1. The lowest BCUT2D eigenvalue weighted by Gasteiger charge is -2.22. The van der Waals surface area contributed by atoms with Crippen LogP contribution in [-0.4, -0.2) is 55.3 Å². The van der Waals surface area contributed by atoms with Crippen molar-refractivity contribution in [3.63, 3.8) is 0 Å². The number of aromatic nitrogens is 3. The molecule has 0 aliphatic carbocycles. The lowest BCUT2D eigenvalue weighted by molar-refractivity contribution is -0.117. The van der Waals surface area contributed by atoms with Crippen LogP contribution in [-0.2, 0) is 17.8 Å². The van der Waals surface area contributed by atoms with Gasteiger partial charge in [0.05, 0.1) is 23.1 Å². The number of ether oxygens (including phenoxy) is 1. The van der Waals surface area contributed by atoms with Crippen LogP contribution in [0.4, 0.5) is 10.1 Å². The molecule has 0 unspecified atom stereocenters. The standard InChI is InChI=1S/C32H31FN6O4/c1-18-14-15-39-31(43-18)24(26(38-39)20-12-13-21(34-17-20)16-32(2,3)42)29(40)37-28-30(41)36-27-22(10-7-11-23(27)33)25(35-28)19-8-5-4-6-9-19/h4-13,17-18,28,42H,14-16H2,1-3H3,(H,36,41)(H,37,40)/t18-,28-/m1/s1/i/hD. The first-order chi connectivity index (χ1) is 21.0. The molecule has 43 heavy (non-hydrogen) atoms. The average molecular weight is 584 g/mol. The van der Waals surface area contributed by atoms with Crippen molar-refractivity contribution in [2.45, 2.75) is 58.0 Å². The highest BCUT2D eigenvalue weighted by Gasteiger charge is 2.34. The van der Waals surface area contributed by atoms with Crippen molar-refractivity contribution in [2.24, 2.45) is 4.99 Å². The summed E-state index contributed by atoms with van der Waals surface area (Å²) in [4.78, 5) is 36.7. The quantitative estimate of drug-likeness (QED) is 0.313. The fraction of sp³-hybridized carbons (Fsp3) is 0.281. The van der Waals surface area contributed by atoms with Crippen molar-refractivity contribution >= 4 is 23.2 Å². The van der Waals surface area contributed by atoms with Gasteiger partial charge in [-0.1, -0.05) is 42.5 Å². The molecule has 3 N–H and O–H groups in total. The van der Waals surface area contributed by atoms with Crippen LogP contribution >= 0.6 is 0 Å². The summed E-state index contributed by atoms with van der Waals surface area (Å²) >= 11 is 0. The number of hydrogen-bond acceptors (Lipinski definition) is 7. The minimum atomic E-state index is -1.67. The monoisotopic (exact) mass is 583 g/mol. The Morgan fingerprint density at radius 2 is 1.98 bits per heavy atom. The van der Waals surface area contributed by atoms with Crippen LogP contribution in [0.25, 0.3) is 11.3 Å². The van der Waals surface area contributed by atoms with Crippen LogP contribution < -0.4 is 15.4 Å². The van der Waals surface area contributed by atoms with Gasteiger partial charge >= 0.3 is 0 Å². The molecule has 2 atom stereocenters. The number of aliphatic imine (C=N–C) groups is 1. The van der Waals surface area contributed by atoms with Gasteiger partial charge < -0.3 is 20.5 Å². The Balaban J connectivity index is 1.43.